The Balaban J connectivity index is 1.08. The van der Waals surface area contributed by atoms with E-state index in [9.17, 15) is 23.2 Å². The maximum Gasteiger partial charge on any atom is 0.573 e. The number of ketones is 1. The van der Waals surface area contributed by atoms with Crippen LogP contribution in [-0.4, -0.2) is 33.6 Å². The van der Waals surface area contributed by atoms with Crippen LogP contribution in [0.2, 0.25) is 0 Å². The van der Waals surface area contributed by atoms with Crippen molar-refractivity contribution >= 4 is 17.5 Å². The Bertz CT molecular complexity index is 1540. The molecule has 11 heteroatoms. The van der Waals surface area contributed by atoms with Crippen molar-refractivity contribution < 1.29 is 22.7 Å². The average Bonchev–Trinajstić information content (AvgIpc) is 3.03. The average molecular weight is 619 g/mol. The lowest BCUT2D eigenvalue weighted by Gasteiger charge is -2.57. The highest BCUT2D eigenvalue weighted by molar-refractivity contribution is 5.95. The summed E-state index contributed by atoms with van der Waals surface area (Å²) >= 11 is 0. The number of hydrogen-bond donors (Lipinski definition) is 2. The van der Waals surface area contributed by atoms with Gasteiger partial charge in [0.15, 0.2) is 5.78 Å². The molecule has 2 heterocycles. The molecular formula is C34H37F3N6O2. The molecule has 3 fully saturated rings. The van der Waals surface area contributed by atoms with E-state index in [2.05, 4.69) is 36.4 Å². The maximum atomic E-state index is 12.8. The number of nitrogens with zero attached hydrogens (tertiary/aromatic N) is 4. The van der Waals surface area contributed by atoms with Gasteiger partial charge >= 0.3 is 6.36 Å². The van der Waals surface area contributed by atoms with Gasteiger partial charge in [0.25, 0.3) is 0 Å². The number of carbonyl (C=O) groups is 1. The number of anilines is 2. The van der Waals surface area contributed by atoms with Crippen LogP contribution >= 0.6 is 0 Å². The van der Waals surface area contributed by atoms with E-state index >= 15 is 0 Å². The van der Waals surface area contributed by atoms with Gasteiger partial charge in [-0.1, -0.05) is 18.2 Å². The van der Waals surface area contributed by atoms with E-state index in [0.29, 0.717) is 53.2 Å². The van der Waals surface area contributed by atoms with E-state index in [-0.39, 0.29) is 29.4 Å². The molecule has 236 valence electrons. The van der Waals surface area contributed by atoms with Crippen molar-refractivity contribution in [3.05, 3.63) is 71.7 Å². The predicted molar refractivity (Wildman–Crippen MR) is 162 cm³/mol. The third-order valence-electron chi connectivity index (χ3n) is 10.1. The summed E-state index contributed by atoms with van der Waals surface area (Å²) in [5.74, 6) is 3.21. The van der Waals surface area contributed by atoms with Crippen LogP contribution in [0.4, 0.5) is 24.9 Å². The number of carbonyl (C=O) groups excluding carboxylic acids is 1. The summed E-state index contributed by atoms with van der Waals surface area (Å²) in [5.41, 5.74) is 1.42. The molecule has 2 aromatic heterocycles. The first-order valence-electron chi connectivity index (χ1n) is 15.7. The quantitative estimate of drug-likeness (QED) is 0.200. The molecule has 3 aromatic rings. The third-order valence-corrected chi connectivity index (χ3v) is 10.1. The number of alkyl halides is 3. The molecule has 3 unspecified atom stereocenters. The molecule has 3 saturated carbocycles. The smallest absolute Gasteiger partial charge is 0.405 e. The first-order valence-corrected chi connectivity index (χ1v) is 15.7. The minimum Gasteiger partial charge on any atom is -0.405 e. The van der Waals surface area contributed by atoms with Crippen LogP contribution in [0.25, 0.3) is 0 Å². The van der Waals surface area contributed by atoms with Crippen molar-refractivity contribution in [1.82, 2.24) is 15.0 Å². The highest BCUT2D eigenvalue weighted by Gasteiger charge is 2.51. The fourth-order valence-corrected chi connectivity index (χ4v) is 8.08. The number of Topliss-reactive ketones (excluding diaryl/α,β-unsaturated/α-hetero) is 1. The van der Waals surface area contributed by atoms with E-state index in [0.717, 1.165) is 31.6 Å². The molecule has 0 saturated heterocycles. The van der Waals surface area contributed by atoms with Gasteiger partial charge in [0.2, 0.25) is 5.95 Å². The Hall–Kier alpha value is -4.20. The van der Waals surface area contributed by atoms with Crippen molar-refractivity contribution in [2.75, 3.05) is 17.2 Å². The number of halogens is 3. The number of pyridine rings is 1. The van der Waals surface area contributed by atoms with Crippen molar-refractivity contribution in [2.24, 2.45) is 29.1 Å². The molecule has 0 radical (unpaired) electrons. The van der Waals surface area contributed by atoms with Gasteiger partial charge in [0.05, 0.1) is 6.20 Å². The number of para-hydroxylation sites is 1. The molecule has 6 rings (SSSR count). The zero-order valence-corrected chi connectivity index (χ0v) is 25.0. The van der Waals surface area contributed by atoms with Gasteiger partial charge < -0.3 is 15.4 Å². The van der Waals surface area contributed by atoms with Crippen LogP contribution < -0.4 is 15.4 Å². The summed E-state index contributed by atoms with van der Waals surface area (Å²) < 4.78 is 42.7. The van der Waals surface area contributed by atoms with Crippen molar-refractivity contribution in [1.29, 1.82) is 5.26 Å². The zero-order chi connectivity index (χ0) is 31.4. The monoisotopic (exact) mass is 618 g/mol. The first kappa shape index (κ1) is 30.8. The van der Waals surface area contributed by atoms with Crippen molar-refractivity contribution in [3.8, 4) is 11.8 Å². The Morgan fingerprint density at radius 3 is 2.71 bits per heavy atom. The van der Waals surface area contributed by atoms with Gasteiger partial charge in [-0.15, -0.1) is 13.2 Å². The van der Waals surface area contributed by atoms with Gasteiger partial charge in [-0.05, 0) is 98.7 Å². The van der Waals surface area contributed by atoms with Crippen LogP contribution in [0.1, 0.15) is 79.3 Å². The summed E-state index contributed by atoms with van der Waals surface area (Å²) in [5, 5.41) is 16.2. The van der Waals surface area contributed by atoms with Crippen LogP contribution in [0.3, 0.4) is 0 Å². The second kappa shape index (κ2) is 13.0. The second-order valence-corrected chi connectivity index (χ2v) is 12.9. The van der Waals surface area contributed by atoms with E-state index in [1.54, 1.807) is 24.5 Å². The number of rotatable bonds is 12. The lowest BCUT2D eigenvalue weighted by Crippen LogP contribution is -2.50. The lowest BCUT2D eigenvalue weighted by atomic mass is 9.48. The zero-order valence-electron chi connectivity index (χ0n) is 25.0. The standard InChI is InChI=1S/C34H37F3N6O2/c35-34(36,37)45-30-9-2-1-5-25(30)19-40-32-41-20-28(17-38)31(43-32)42-21-33-11-10-23-13-22(26(15-33)14-27(23)16-33)6-3-8-29(44)24-7-4-12-39-18-24/h1-2,4-5,7,9,12,18,20,22-23,26-27H,3,6,8,10-11,13-16,19,21H2,(H2,40,41,42,43)/t22?,23?,26-,27?,33+/m1/s1. The molecule has 5 atom stereocenters. The number of hydrogen-bond acceptors (Lipinski definition) is 8. The number of fused-ring (bicyclic) bond motifs is 2. The first-order chi connectivity index (χ1) is 21.7. The number of aromatic nitrogens is 3. The fraction of sp³-hybridized carbons (Fsp3) is 0.500. The minimum atomic E-state index is -4.80. The molecule has 8 nitrogen and oxygen atoms in total. The fourth-order valence-electron chi connectivity index (χ4n) is 8.08. The molecule has 0 spiro atoms. The maximum absolute atomic E-state index is 12.8. The SMILES string of the molecule is N#Cc1cnc(NCc2ccccc2OC(F)(F)F)nc1NC[C@]12CCC3CC(CCCC(=O)c4cccnc4)[C@H](CC3C1)C2. The van der Waals surface area contributed by atoms with Gasteiger partial charge in [0.1, 0.15) is 23.2 Å². The number of benzene rings is 1. The van der Waals surface area contributed by atoms with Crippen LogP contribution in [0.15, 0.2) is 55.0 Å². The summed E-state index contributed by atoms with van der Waals surface area (Å²) in [6.07, 6.45) is 9.63. The molecule has 0 aliphatic heterocycles. The van der Waals surface area contributed by atoms with Crippen molar-refractivity contribution in [2.45, 2.75) is 70.7 Å². The number of ether oxygens (including phenoxy) is 1. The molecule has 1 aromatic carbocycles. The largest absolute Gasteiger partial charge is 0.573 e. The lowest BCUT2D eigenvalue weighted by molar-refractivity contribution is -0.274. The Kier molecular flexibility index (Phi) is 8.92. The van der Waals surface area contributed by atoms with Gasteiger partial charge in [-0.25, -0.2) is 4.98 Å². The normalized spacial score (nSPS) is 25.3. The van der Waals surface area contributed by atoms with Crippen LogP contribution in [0.5, 0.6) is 5.75 Å². The number of nitrogens with one attached hydrogen (secondary N) is 2. The summed E-state index contributed by atoms with van der Waals surface area (Å²) in [6, 6.07) is 11.7. The Labute approximate surface area is 260 Å². The molecule has 3 aliphatic carbocycles. The minimum absolute atomic E-state index is 0.0154. The molecule has 0 amide bonds. The van der Waals surface area contributed by atoms with Gasteiger partial charge in [-0.2, -0.15) is 10.2 Å². The van der Waals surface area contributed by atoms with Crippen LogP contribution in [0, 0.1) is 40.4 Å². The Morgan fingerprint density at radius 2 is 1.91 bits per heavy atom. The summed E-state index contributed by atoms with van der Waals surface area (Å²) in [4.78, 5) is 25.4. The molecule has 3 bridgehead atoms. The topological polar surface area (TPSA) is 113 Å². The summed E-state index contributed by atoms with van der Waals surface area (Å²) in [7, 11) is 0. The van der Waals surface area contributed by atoms with E-state index in [1.807, 2.05) is 6.07 Å². The third kappa shape index (κ3) is 7.38. The second-order valence-electron chi connectivity index (χ2n) is 12.9. The Morgan fingerprint density at radius 1 is 1.07 bits per heavy atom. The van der Waals surface area contributed by atoms with Gasteiger partial charge in [-0.3, -0.25) is 9.78 Å². The highest BCUT2D eigenvalue weighted by atomic mass is 19.4. The number of nitriles is 1. The predicted octanol–water partition coefficient (Wildman–Crippen LogP) is 7.55. The summed E-state index contributed by atoms with van der Waals surface area (Å²) in [6.45, 7) is 0.716. The molecule has 2 N–H and O–H groups in total. The van der Waals surface area contributed by atoms with Crippen LogP contribution in [-0.2, 0) is 6.54 Å². The molecule has 3 aliphatic rings. The molecular weight excluding hydrogens is 581 g/mol. The van der Waals surface area contributed by atoms with E-state index in [4.69, 9.17) is 0 Å². The van der Waals surface area contributed by atoms with E-state index < -0.39 is 6.36 Å². The highest BCUT2D eigenvalue weighted by Crippen LogP contribution is 2.60. The van der Waals surface area contributed by atoms with Gasteiger partial charge in [0, 0.05) is 43.0 Å². The van der Waals surface area contributed by atoms with E-state index in [1.165, 1.54) is 50.1 Å². The van der Waals surface area contributed by atoms with Crippen molar-refractivity contribution in [3.63, 3.8) is 0 Å². The molecule has 45 heavy (non-hydrogen) atoms.